The molecule has 182 valence electrons. The minimum Gasteiger partial charge on any atom is -0.491 e. The van der Waals surface area contributed by atoms with Crippen molar-refractivity contribution in [2.24, 2.45) is 0 Å². The van der Waals surface area contributed by atoms with Gasteiger partial charge in [0.05, 0.1) is 12.2 Å². The molecule has 2 N–H and O–H groups in total. The maximum absolute atomic E-state index is 14.6. The number of carboxylic acids is 1. The molecule has 1 aliphatic heterocycles. The maximum atomic E-state index is 14.6. The van der Waals surface area contributed by atoms with Gasteiger partial charge in [0.1, 0.15) is 22.8 Å². The van der Waals surface area contributed by atoms with Crippen LogP contribution in [0.2, 0.25) is 0 Å². The predicted molar refractivity (Wildman–Crippen MR) is 109 cm³/mol. The molecular formula is C23H15F5N2O5. The number of alkyl halides is 3. The Morgan fingerprint density at radius 3 is 2.51 bits per heavy atom. The van der Waals surface area contributed by atoms with E-state index < -0.39 is 46.7 Å². The van der Waals surface area contributed by atoms with E-state index in [2.05, 4.69) is 15.0 Å². The van der Waals surface area contributed by atoms with Crippen LogP contribution < -0.4 is 14.8 Å². The van der Waals surface area contributed by atoms with E-state index in [4.69, 9.17) is 9.84 Å². The highest BCUT2D eigenvalue weighted by molar-refractivity contribution is 5.96. The molecule has 1 aliphatic rings. The van der Waals surface area contributed by atoms with Crippen molar-refractivity contribution in [3.63, 3.8) is 0 Å². The Labute approximate surface area is 194 Å². The highest BCUT2D eigenvalue weighted by Crippen LogP contribution is 2.42. The van der Waals surface area contributed by atoms with E-state index in [0.29, 0.717) is 0 Å². The summed E-state index contributed by atoms with van der Waals surface area (Å²) in [4.78, 5) is 28.4. The monoisotopic (exact) mass is 494 g/mol. The van der Waals surface area contributed by atoms with Crippen LogP contribution in [0, 0.1) is 11.6 Å². The van der Waals surface area contributed by atoms with Crippen LogP contribution in [0.15, 0.2) is 54.7 Å². The van der Waals surface area contributed by atoms with Gasteiger partial charge in [0.2, 0.25) is 0 Å². The summed E-state index contributed by atoms with van der Waals surface area (Å²) in [6.45, 7) is 0.0215. The zero-order valence-electron chi connectivity index (χ0n) is 17.5. The van der Waals surface area contributed by atoms with E-state index >= 15 is 0 Å². The molecule has 2 aromatic carbocycles. The lowest BCUT2D eigenvalue weighted by Gasteiger charge is -2.39. The van der Waals surface area contributed by atoms with Crippen molar-refractivity contribution < 1.29 is 46.1 Å². The Morgan fingerprint density at radius 2 is 1.86 bits per heavy atom. The van der Waals surface area contributed by atoms with Crippen molar-refractivity contribution in [1.29, 1.82) is 0 Å². The van der Waals surface area contributed by atoms with Gasteiger partial charge in [-0.25, -0.2) is 13.6 Å². The number of aromatic carboxylic acids is 1. The normalized spacial score (nSPS) is 17.2. The minimum atomic E-state index is -5.12. The van der Waals surface area contributed by atoms with E-state index in [1.165, 1.54) is 6.20 Å². The number of ether oxygens (including phenoxy) is 2. The first-order chi connectivity index (χ1) is 16.5. The van der Waals surface area contributed by atoms with E-state index in [1.54, 1.807) is 12.1 Å². The molecule has 1 unspecified atom stereocenters. The van der Waals surface area contributed by atoms with Crippen molar-refractivity contribution in [3.05, 3.63) is 88.7 Å². The summed E-state index contributed by atoms with van der Waals surface area (Å²) in [5.74, 6) is -5.70. The molecule has 0 fully saturated rings. The van der Waals surface area contributed by atoms with Crippen LogP contribution in [0.1, 0.15) is 38.4 Å². The standard InChI is InChI=1S/C23H15F5N2O5/c24-15-10-12(3-5-14(15)21(32)33)20(31)30-22(7-9-34-18-2-1-8-29-19(18)22)13-4-6-17(16(25)11-13)35-23(26,27)28/h1-6,8,10-11H,7,9H2,(H,30,31)(H,32,33). The lowest BCUT2D eigenvalue weighted by molar-refractivity contribution is -0.275. The number of halogens is 5. The van der Waals surface area contributed by atoms with E-state index in [-0.39, 0.29) is 35.6 Å². The molecular weight excluding hydrogens is 479 g/mol. The number of carboxylic acid groups (broad SMARTS) is 1. The molecule has 0 saturated carbocycles. The molecule has 35 heavy (non-hydrogen) atoms. The fourth-order valence-electron chi connectivity index (χ4n) is 3.80. The van der Waals surface area contributed by atoms with Crippen molar-refractivity contribution in [2.45, 2.75) is 18.3 Å². The Morgan fingerprint density at radius 1 is 1.09 bits per heavy atom. The number of fused-ring (bicyclic) bond motifs is 1. The summed E-state index contributed by atoms with van der Waals surface area (Å²) in [6, 6.07) is 8.52. The van der Waals surface area contributed by atoms with Crippen molar-refractivity contribution in [1.82, 2.24) is 10.3 Å². The average molecular weight is 494 g/mol. The van der Waals surface area contributed by atoms with Crippen molar-refractivity contribution in [3.8, 4) is 11.5 Å². The Bertz CT molecular complexity index is 1310. The third kappa shape index (κ3) is 4.72. The number of carbonyl (C=O) groups excluding carboxylic acids is 1. The first kappa shape index (κ1) is 23.9. The van der Waals surface area contributed by atoms with Gasteiger partial charge in [0, 0.05) is 18.2 Å². The van der Waals surface area contributed by atoms with Gasteiger partial charge < -0.3 is 19.9 Å². The van der Waals surface area contributed by atoms with Gasteiger partial charge in [-0.05, 0) is 48.0 Å². The second kappa shape index (κ2) is 8.85. The van der Waals surface area contributed by atoms with Gasteiger partial charge in [-0.3, -0.25) is 9.78 Å². The number of hydrogen-bond donors (Lipinski definition) is 2. The molecule has 7 nitrogen and oxygen atoms in total. The number of carbonyl (C=O) groups is 2. The number of amides is 1. The third-order valence-corrected chi connectivity index (χ3v) is 5.35. The van der Waals surface area contributed by atoms with Crippen LogP contribution in [-0.2, 0) is 5.54 Å². The smallest absolute Gasteiger partial charge is 0.491 e. The first-order valence-corrected chi connectivity index (χ1v) is 9.99. The Kier molecular flexibility index (Phi) is 6.05. The zero-order valence-corrected chi connectivity index (χ0v) is 17.5. The van der Waals surface area contributed by atoms with Crippen LogP contribution in [-0.4, -0.2) is 34.9 Å². The number of nitrogens with one attached hydrogen (secondary N) is 1. The molecule has 0 spiro atoms. The van der Waals surface area contributed by atoms with Crippen LogP contribution in [0.4, 0.5) is 22.0 Å². The Balaban J connectivity index is 1.79. The summed E-state index contributed by atoms with van der Waals surface area (Å²) in [6.07, 6.45) is -3.74. The van der Waals surface area contributed by atoms with Gasteiger partial charge in [-0.1, -0.05) is 6.07 Å². The molecule has 0 radical (unpaired) electrons. The highest BCUT2D eigenvalue weighted by atomic mass is 19.4. The number of nitrogens with zero attached hydrogens (tertiary/aromatic N) is 1. The van der Waals surface area contributed by atoms with E-state index in [0.717, 1.165) is 36.4 Å². The second-order valence-corrected chi connectivity index (χ2v) is 7.50. The topological polar surface area (TPSA) is 97.8 Å². The van der Waals surface area contributed by atoms with Gasteiger partial charge in [-0.2, -0.15) is 0 Å². The van der Waals surface area contributed by atoms with Crippen molar-refractivity contribution >= 4 is 11.9 Å². The summed E-state index contributed by atoms with van der Waals surface area (Å²) < 4.78 is 75.8. The van der Waals surface area contributed by atoms with Gasteiger partial charge in [0.25, 0.3) is 5.91 Å². The van der Waals surface area contributed by atoms with Gasteiger partial charge >= 0.3 is 12.3 Å². The minimum absolute atomic E-state index is 0.00262. The maximum Gasteiger partial charge on any atom is 0.573 e. The fourth-order valence-corrected chi connectivity index (χ4v) is 3.80. The van der Waals surface area contributed by atoms with Crippen LogP contribution in [0.5, 0.6) is 11.5 Å². The van der Waals surface area contributed by atoms with E-state index in [9.17, 15) is 31.5 Å². The Hall–Kier alpha value is -4.22. The molecule has 0 aliphatic carbocycles. The molecule has 1 aromatic heterocycles. The third-order valence-electron chi connectivity index (χ3n) is 5.35. The fraction of sp³-hybridized carbons (Fsp3) is 0.174. The molecule has 2 heterocycles. The molecule has 12 heteroatoms. The van der Waals surface area contributed by atoms with Crippen LogP contribution in [0.25, 0.3) is 0 Å². The lowest BCUT2D eigenvalue weighted by Crippen LogP contribution is -2.50. The molecule has 1 atom stereocenters. The number of aromatic nitrogens is 1. The zero-order chi connectivity index (χ0) is 25.4. The number of benzene rings is 2. The number of hydrogen-bond acceptors (Lipinski definition) is 5. The van der Waals surface area contributed by atoms with Gasteiger partial charge in [0.15, 0.2) is 11.6 Å². The SMILES string of the molecule is O=C(NC1(c2ccc(OC(F)(F)F)c(F)c2)CCOc2cccnc21)c1ccc(C(=O)O)c(F)c1. The summed E-state index contributed by atoms with van der Waals surface area (Å²) in [5.41, 5.74) is -2.29. The number of rotatable bonds is 5. The average Bonchev–Trinajstić information content (AvgIpc) is 2.79. The summed E-state index contributed by atoms with van der Waals surface area (Å²) in [7, 11) is 0. The molecule has 0 saturated heterocycles. The highest BCUT2D eigenvalue weighted by Gasteiger charge is 2.43. The lowest BCUT2D eigenvalue weighted by atomic mass is 9.81. The van der Waals surface area contributed by atoms with Crippen LogP contribution in [0.3, 0.4) is 0 Å². The molecule has 4 rings (SSSR count). The largest absolute Gasteiger partial charge is 0.573 e. The predicted octanol–water partition coefficient (Wildman–Crippen LogP) is 4.41. The second-order valence-electron chi connectivity index (χ2n) is 7.50. The molecule has 3 aromatic rings. The molecule has 1 amide bonds. The summed E-state index contributed by atoms with van der Waals surface area (Å²) >= 11 is 0. The van der Waals surface area contributed by atoms with Gasteiger partial charge in [-0.15, -0.1) is 13.2 Å². The quantitative estimate of drug-likeness (QED) is 0.510. The van der Waals surface area contributed by atoms with Crippen molar-refractivity contribution in [2.75, 3.05) is 6.61 Å². The summed E-state index contributed by atoms with van der Waals surface area (Å²) in [5, 5.41) is 11.7. The number of pyridine rings is 1. The first-order valence-electron chi connectivity index (χ1n) is 9.99. The molecule has 0 bridgehead atoms. The van der Waals surface area contributed by atoms with E-state index in [1.807, 2.05) is 0 Å². The van der Waals surface area contributed by atoms with Crippen LogP contribution >= 0.6 is 0 Å².